The number of urea groups is 1. The Labute approximate surface area is 168 Å². The Morgan fingerprint density at radius 2 is 1.97 bits per heavy atom. The fraction of sp³-hybridized carbons (Fsp3) is 0.409. The summed E-state index contributed by atoms with van der Waals surface area (Å²) < 4.78 is 16.0. The van der Waals surface area contributed by atoms with E-state index in [0.29, 0.717) is 29.1 Å². The number of amides is 2. The number of hydrogen-bond donors (Lipinski definition) is 1. The quantitative estimate of drug-likeness (QED) is 0.710. The van der Waals surface area contributed by atoms with E-state index in [9.17, 15) is 9.18 Å². The molecule has 1 aliphatic carbocycles. The minimum atomic E-state index is -0.404. The van der Waals surface area contributed by atoms with Crippen LogP contribution in [0.3, 0.4) is 0 Å². The van der Waals surface area contributed by atoms with Crippen LogP contribution < -0.4 is 5.32 Å². The van der Waals surface area contributed by atoms with Crippen molar-refractivity contribution in [2.24, 2.45) is 11.8 Å². The summed E-state index contributed by atoms with van der Waals surface area (Å²) >= 11 is 0. The average molecular weight is 393 g/mol. The van der Waals surface area contributed by atoms with Crippen molar-refractivity contribution < 1.29 is 9.18 Å². The van der Waals surface area contributed by atoms with Gasteiger partial charge < -0.3 is 10.2 Å². The Morgan fingerprint density at radius 1 is 1.21 bits per heavy atom. The molecule has 2 aromatic heterocycles. The molecule has 1 saturated carbocycles. The Bertz CT molecular complexity index is 1080. The van der Waals surface area contributed by atoms with Gasteiger partial charge in [0, 0.05) is 36.6 Å². The molecule has 0 spiro atoms. The van der Waals surface area contributed by atoms with Crippen molar-refractivity contribution in [3.8, 4) is 5.69 Å². The van der Waals surface area contributed by atoms with Gasteiger partial charge in [0.05, 0.1) is 0 Å². The minimum absolute atomic E-state index is 0.120. The summed E-state index contributed by atoms with van der Waals surface area (Å²) in [5.41, 5.74) is 2.52. The fourth-order valence-electron chi connectivity index (χ4n) is 4.27. The molecule has 1 N–H and O–H groups in total. The summed E-state index contributed by atoms with van der Waals surface area (Å²) in [6.07, 6.45) is 6.01. The monoisotopic (exact) mass is 393 g/mol. The van der Waals surface area contributed by atoms with Crippen molar-refractivity contribution in [2.75, 3.05) is 18.4 Å². The van der Waals surface area contributed by atoms with Gasteiger partial charge in [0.25, 0.3) is 0 Å². The molecule has 2 fully saturated rings. The highest BCUT2D eigenvalue weighted by molar-refractivity contribution is 5.90. The zero-order valence-corrected chi connectivity index (χ0v) is 16.6. The number of pyridine rings is 1. The van der Waals surface area contributed by atoms with Crippen molar-refractivity contribution in [2.45, 2.75) is 32.6 Å². The molecule has 5 rings (SSSR count). The van der Waals surface area contributed by atoms with E-state index >= 15 is 0 Å². The topological polar surface area (TPSA) is 63.1 Å². The van der Waals surface area contributed by atoms with E-state index < -0.39 is 5.82 Å². The van der Waals surface area contributed by atoms with Crippen molar-refractivity contribution in [3.63, 3.8) is 0 Å². The van der Waals surface area contributed by atoms with E-state index in [2.05, 4.69) is 29.2 Å². The number of nitrogens with zero attached hydrogens (tertiary/aromatic N) is 4. The number of halogens is 1. The van der Waals surface area contributed by atoms with Gasteiger partial charge in [-0.2, -0.15) is 0 Å². The molecule has 2 atom stereocenters. The molecule has 1 saturated heterocycles. The van der Waals surface area contributed by atoms with Crippen LogP contribution in [0.25, 0.3) is 16.7 Å². The normalized spacial score (nSPS) is 20.8. The number of benzene rings is 1. The van der Waals surface area contributed by atoms with Crippen LogP contribution in [0.2, 0.25) is 0 Å². The zero-order chi connectivity index (χ0) is 20.1. The molecule has 3 heterocycles. The van der Waals surface area contributed by atoms with Gasteiger partial charge in [0.15, 0.2) is 5.65 Å². The third-order valence-electron chi connectivity index (χ3n) is 6.26. The summed E-state index contributed by atoms with van der Waals surface area (Å²) in [6, 6.07) is 6.47. The van der Waals surface area contributed by atoms with Crippen LogP contribution in [-0.2, 0) is 0 Å². The van der Waals surface area contributed by atoms with Crippen LogP contribution in [0.4, 0.5) is 14.9 Å². The molecular formula is C22H24FN5O. The summed E-state index contributed by atoms with van der Waals surface area (Å²) in [5.74, 6) is 1.26. The fourth-order valence-corrected chi connectivity index (χ4v) is 4.27. The van der Waals surface area contributed by atoms with E-state index in [-0.39, 0.29) is 11.7 Å². The maximum absolute atomic E-state index is 14.5. The lowest BCUT2D eigenvalue weighted by Crippen LogP contribution is -2.32. The molecule has 6 nitrogen and oxygen atoms in total. The van der Waals surface area contributed by atoms with Gasteiger partial charge in [0.1, 0.15) is 11.5 Å². The predicted octanol–water partition coefficient (Wildman–Crippen LogP) is 4.56. The van der Waals surface area contributed by atoms with Gasteiger partial charge in [-0.25, -0.2) is 18.9 Å². The number of aromatic nitrogens is 3. The molecule has 0 bridgehead atoms. The lowest BCUT2D eigenvalue weighted by molar-refractivity contribution is 0.221. The predicted molar refractivity (Wildman–Crippen MR) is 110 cm³/mol. The second-order valence-corrected chi connectivity index (χ2v) is 8.51. The molecule has 0 unspecified atom stereocenters. The first-order valence-electron chi connectivity index (χ1n) is 10.2. The van der Waals surface area contributed by atoms with Crippen molar-refractivity contribution >= 4 is 22.8 Å². The van der Waals surface area contributed by atoms with Gasteiger partial charge in [0.2, 0.25) is 0 Å². The second-order valence-electron chi connectivity index (χ2n) is 8.51. The summed E-state index contributed by atoms with van der Waals surface area (Å²) in [5, 5.41) is 8.18. The van der Waals surface area contributed by atoms with Crippen LogP contribution in [-0.4, -0.2) is 38.8 Å². The van der Waals surface area contributed by atoms with Crippen molar-refractivity contribution in [1.29, 1.82) is 0 Å². The van der Waals surface area contributed by atoms with Crippen LogP contribution in [0.15, 0.2) is 36.7 Å². The molecule has 2 amide bonds. The summed E-state index contributed by atoms with van der Waals surface area (Å²) in [7, 11) is 0. The maximum atomic E-state index is 14.5. The molecule has 1 aromatic carbocycles. The molecule has 1 aliphatic heterocycles. The SMILES string of the molecule is CC(C)c1cnc2nn(-c3cc(NC(=O)N4C[C@H]5CC[C@H]5C4)ccc3F)cc2c1. The number of likely N-dealkylation sites (tertiary alicyclic amines) is 1. The first-order chi connectivity index (χ1) is 14.0. The molecule has 150 valence electrons. The number of hydrogen-bond acceptors (Lipinski definition) is 3. The standard InChI is InChI=1S/C22H24FN5O/c1-13(2)16-7-17-12-28(26-21(17)24-9-16)20-8-18(5-6-19(20)23)25-22(29)27-10-14-3-4-15(14)11-27/h5-9,12-15H,3-4,10-11H2,1-2H3,(H,25,29)/t14-,15+. The largest absolute Gasteiger partial charge is 0.324 e. The van der Waals surface area contributed by atoms with Crippen LogP contribution in [0.5, 0.6) is 0 Å². The van der Waals surface area contributed by atoms with Crippen molar-refractivity contribution in [3.05, 3.63) is 48.0 Å². The molecule has 3 aromatic rings. The third kappa shape index (κ3) is 3.24. The smallest absolute Gasteiger partial charge is 0.321 e. The summed E-state index contributed by atoms with van der Waals surface area (Å²) in [6.45, 7) is 5.84. The van der Waals surface area contributed by atoms with Gasteiger partial charge in [-0.1, -0.05) is 13.8 Å². The third-order valence-corrected chi connectivity index (χ3v) is 6.26. The zero-order valence-electron chi connectivity index (χ0n) is 16.6. The number of carbonyl (C=O) groups excluding carboxylic acids is 1. The number of rotatable bonds is 3. The minimum Gasteiger partial charge on any atom is -0.324 e. The molecule has 2 aliphatic rings. The first-order valence-corrected chi connectivity index (χ1v) is 10.2. The number of fused-ring (bicyclic) bond motifs is 2. The first kappa shape index (κ1) is 18.1. The lowest BCUT2D eigenvalue weighted by atomic mass is 9.77. The van der Waals surface area contributed by atoms with Gasteiger partial charge in [-0.15, -0.1) is 5.10 Å². The number of carbonyl (C=O) groups is 1. The van der Waals surface area contributed by atoms with E-state index in [1.54, 1.807) is 24.5 Å². The van der Waals surface area contributed by atoms with Gasteiger partial charge >= 0.3 is 6.03 Å². The molecular weight excluding hydrogens is 369 g/mol. The number of nitrogens with one attached hydrogen (secondary N) is 1. The van der Waals surface area contributed by atoms with Gasteiger partial charge in [-0.05, 0) is 60.4 Å². The molecule has 0 radical (unpaired) electrons. The summed E-state index contributed by atoms with van der Waals surface area (Å²) in [4.78, 5) is 18.9. The maximum Gasteiger partial charge on any atom is 0.321 e. The molecule has 29 heavy (non-hydrogen) atoms. The van der Waals surface area contributed by atoms with E-state index in [1.165, 1.54) is 23.6 Å². The highest BCUT2D eigenvalue weighted by atomic mass is 19.1. The Morgan fingerprint density at radius 3 is 2.66 bits per heavy atom. The number of anilines is 1. The highest BCUT2D eigenvalue weighted by Crippen LogP contribution is 2.40. The van der Waals surface area contributed by atoms with Crippen LogP contribution in [0.1, 0.15) is 38.2 Å². The van der Waals surface area contributed by atoms with Crippen LogP contribution >= 0.6 is 0 Å². The Hall–Kier alpha value is -2.96. The van der Waals surface area contributed by atoms with E-state index in [0.717, 1.165) is 24.0 Å². The Balaban J connectivity index is 1.40. The second kappa shape index (κ2) is 6.83. The van der Waals surface area contributed by atoms with Crippen LogP contribution in [0, 0.1) is 17.7 Å². The molecule has 7 heteroatoms. The van der Waals surface area contributed by atoms with Gasteiger partial charge in [-0.3, -0.25) is 0 Å². The van der Waals surface area contributed by atoms with E-state index in [4.69, 9.17) is 0 Å². The van der Waals surface area contributed by atoms with E-state index in [1.807, 2.05) is 11.0 Å². The highest BCUT2D eigenvalue weighted by Gasteiger charge is 2.40. The lowest BCUT2D eigenvalue weighted by Gasteiger charge is -2.27. The average Bonchev–Trinajstić information content (AvgIpc) is 3.23. The Kier molecular flexibility index (Phi) is 4.26. The van der Waals surface area contributed by atoms with Crippen molar-refractivity contribution in [1.82, 2.24) is 19.7 Å².